The molecule has 1 saturated heterocycles. The number of hydrogen-bond acceptors (Lipinski definition) is 3. The molecule has 0 bridgehead atoms. The molecule has 166 valence electrons. The van der Waals surface area contributed by atoms with Crippen molar-refractivity contribution in [2.24, 2.45) is 5.73 Å². The number of alkyl halides is 3. The molecule has 3 rings (SSSR count). The van der Waals surface area contributed by atoms with Crippen molar-refractivity contribution >= 4 is 23.4 Å². The number of amides is 2. The minimum Gasteiger partial charge on any atom is -0.338 e. The molecule has 2 N–H and O–H groups in total. The monoisotopic (exact) mass is 457 g/mol. The lowest BCUT2D eigenvalue weighted by Crippen LogP contribution is -2.54. The Balaban J connectivity index is 1.64. The van der Waals surface area contributed by atoms with Crippen molar-refractivity contribution in [1.29, 1.82) is 0 Å². The zero-order chi connectivity index (χ0) is 22.8. The van der Waals surface area contributed by atoms with E-state index in [0.717, 1.165) is 5.56 Å². The summed E-state index contributed by atoms with van der Waals surface area (Å²) in [5.74, 6) is -2.20. The summed E-state index contributed by atoms with van der Waals surface area (Å²) in [6.07, 6.45) is -4.56. The number of halogens is 5. The molecule has 2 aromatic carbocycles. The lowest BCUT2D eigenvalue weighted by molar-refractivity contribution is -0.138. The highest BCUT2D eigenvalue weighted by atomic mass is 35.5. The summed E-state index contributed by atoms with van der Waals surface area (Å²) in [4.78, 5) is 27.9. The van der Waals surface area contributed by atoms with Crippen LogP contribution in [-0.4, -0.2) is 53.8 Å². The number of piperazine rings is 1. The Bertz CT molecular complexity index is 975. The number of nitrogens with zero attached hydrogens (tertiary/aromatic N) is 2. The van der Waals surface area contributed by atoms with Gasteiger partial charge in [0.25, 0.3) is 5.91 Å². The van der Waals surface area contributed by atoms with Gasteiger partial charge in [-0.1, -0.05) is 29.8 Å². The molecule has 2 amide bonds. The standard InChI is InChI=1S/C21H20ClF4N3O2/c22-17-4-2-1-3-13(17)11-18(27)20(31)29-9-7-28(8-10-29)19(30)15-12-14(23)5-6-16(15)21(24,25)26/h1-6,12,18H,7-11,27H2. The molecule has 1 fully saturated rings. The van der Waals surface area contributed by atoms with Gasteiger partial charge in [-0.2, -0.15) is 13.2 Å². The number of hydrogen-bond donors (Lipinski definition) is 1. The van der Waals surface area contributed by atoms with E-state index in [9.17, 15) is 27.2 Å². The van der Waals surface area contributed by atoms with E-state index < -0.39 is 35.1 Å². The molecule has 1 heterocycles. The van der Waals surface area contributed by atoms with Gasteiger partial charge in [-0.25, -0.2) is 4.39 Å². The van der Waals surface area contributed by atoms with Gasteiger partial charge in [0.15, 0.2) is 0 Å². The molecule has 0 aliphatic carbocycles. The summed E-state index contributed by atoms with van der Waals surface area (Å²) in [5, 5.41) is 0.497. The quantitative estimate of drug-likeness (QED) is 0.716. The Morgan fingerprint density at radius 1 is 1.03 bits per heavy atom. The van der Waals surface area contributed by atoms with Crippen molar-refractivity contribution in [3.63, 3.8) is 0 Å². The first-order valence-electron chi connectivity index (χ1n) is 9.51. The van der Waals surface area contributed by atoms with E-state index in [1.165, 1.54) is 9.80 Å². The van der Waals surface area contributed by atoms with E-state index in [4.69, 9.17) is 17.3 Å². The molecule has 0 radical (unpaired) electrons. The molecule has 5 nitrogen and oxygen atoms in total. The maximum atomic E-state index is 13.5. The molecule has 0 spiro atoms. The molecule has 2 aromatic rings. The van der Waals surface area contributed by atoms with Crippen LogP contribution in [0.2, 0.25) is 5.02 Å². The fourth-order valence-electron chi connectivity index (χ4n) is 3.46. The predicted octanol–water partition coefficient (Wildman–Crippen LogP) is 3.35. The van der Waals surface area contributed by atoms with Gasteiger partial charge in [-0.05, 0) is 36.2 Å². The fraction of sp³-hybridized carbons (Fsp3) is 0.333. The Morgan fingerprint density at radius 3 is 2.26 bits per heavy atom. The van der Waals surface area contributed by atoms with Crippen molar-refractivity contribution in [2.75, 3.05) is 26.2 Å². The molecule has 1 atom stereocenters. The van der Waals surface area contributed by atoms with Gasteiger partial charge < -0.3 is 15.5 Å². The molecule has 10 heteroatoms. The van der Waals surface area contributed by atoms with Gasteiger partial charge in [0.2, 0.25) is 5.91 Å². The van der Waals surface area contributed by atoms with Crippen molar-refractivity contribution in [3.8, 4) is 0 Å². The number of benzene rings is 2. The van der Waals surface area contributed by atoms with Crippen molar-refractivity contribution in [3.05, 3.63) is 70.0 Å². The second kappa shape index (κ2) is 9.23. The second-order valence-corrected chi connectivity index (χ2v) is 7.61. The first-order chi connectivity index (χ1) is 14.6. The average Bonchev–Trinajstić information content (AvgIpc) is 2.73. The van der Waals surface area contributed by atoms with Crippen molar-refractivity contribution < 1.29 is 27.2 Å². The highest BCUT2D eigenvalue weighted by molar-refractivity contribution is 6.31. The van der Waals surface area contributed by atoms with Gasteiger partial charge in [-0.3, -0.25) is 9.59 Å². The first-order valence-corrected chi connectivity index (χ1v) is 9.89. The van der Waals surface area contributed by atoms with Crippen LogP contribution < -0.4 is 5.73 Å². The van der Waals surface area contributed by atoms with Crippen LogP contribution in [0.15, 0.2) is 42.5 Å². The van der Waals surface area contributed by atoms with Gasteiger partial charge in [0.05, 0.1) is 17.2 Å². The minimum atomic E-state index is -4.79. The third-order valence-corrected chi connectivity index (χ3v) is 5.48. The van der Waals surface area contributed by atoms with Crippen molar-refractivity contribution in [1.82, 2.24) is 9.80 Å². The van der Waals surface area contributed by atoms with Crippen LogP contribution in [0.3, 0.4) is 0 Å². The molecular formula is C21H20ClF4N3O2. The average molecular weight is 458 g/mol. The van der Waals surface area contributed by atoms with Crippen LogP contribution in [0, 0.1) is 5.82 Å². The third kappa shape index (κ3) is 5.34. The second-order valence-electron chi connectivity index (χ2n) is 7.21. The fourth-order valence-corrected chi connectivity index (χ4v) is 3.68. The summed E-state index contributed by atoms with van der Waals surface area (Å²) in [7, 11) is 0. The van der Waals surface area contributed by atoms with Gasteiger partial charge >= 0.3 is 6.18 Å². The molecule has 1 aliphatic rings. The van der Waals surface area contributed by atoms with Gasteiger partial charge in [0, 0.05) is 31.2 Å². The summed E-state index contributed by atoms with van der Waals surface area (Å²) in [6, 6.07) is 7.96. The van der Waals surface area contributed by atoms with E-state index in [0.29, 0.717) is 23.2 Å². The Kier molecular flexibility index (Phi) is 6.86. The van der Waals surface area contributed by atoms with E-state index in [-0.39, 0.29) is 38.5 Å². The SMILES string of the molecule is NC(Cc1ccccc1Cl)C(=O)N1CCN(C(=O)c2cc(F)ccc2C(F)(F)F)CC1. The minimum absolute atomic E-state index is 0.0111. The number of carbonyl (C=O) groups is 2. The van der Waals surface area contributed by atoms with Crippen LogP contribution >= 0.6 is 11.6 Å². The van der Waals surface area contributed by atoms with E-state index in [1.54, 1.807) is 24.3 Å². The maximum Gasteiger partial charge on any atom is 0.417 e. The summed E-state index contributed by atoms with van der Waals surface area (Å²) >= 11 is 6.10. The summed E-state index contributed by atoms with van der Waals surface area (Å²) < 4.78 is 53.1. The van der Waals surface area contributed by atoms with E-state index in [1.807, 2.05) is 0 Å². The lowest BCUT2D eigenvalue weighted by Gasteiger charge is -2.36. The molecule has 1 unspecified atom stereocenters. The summed E-state index contributed by atoms with van der Waals surface area (Å²) in [6.45, 7) is 0.239. The van der Waals surface area contributed by atoms with Crippen LogP contribution in [0.1, 0.15) is 21.5 Å². The van der Waals surface area contributed by atoms with Gasteiger partial charge in [-0.15, -0.1) is 0 Å². The Hall–Kier alpha value is -2.65. The smallest absolute Gasteiger partial charge is 0.338 e. The largest absolute Gasteiger partial charge is 0.417 e. The molecule has 0 aromatic heterocycles. The molecule has 1 aliphatic heterocycles. The zero-order valence-electron chi connectivity index (χ0n) is 16.3. The lowest BCUT2D eigenvalue weighted by atomic mass is 10.0. The maximum absolute atomic E-state index is 13.5. The molecule has 0 saturated carbocycles. The number of carbonyl (C=O) groups excluding carboxylic acids is 2. The zero-order valence-corrected chi connectivity index (χ0v) is 17.1. The van der Waals surface area contributed by atoms with Gasteiger partial charge in [0.1, 0.15) is 5.82 Å². The Morgan fingerprint density at radius 2 is 1.65 bits per heavy atom. The molecular weight excluding hydrogens is 438 g/mol. The Labute approximate surface area is 181 Å². The highest BCUT2D eigenvalue weighted by Crippen LogP contribution is 2.33. The predicted molar refractivity (Wildman–Crippen MR) is 107 cm³/mol. The van der Waals surface area contributed by atoms with Crippen LogP contribution in [0.5, 0.6) is 0 Å². The van der Waals surface area contributed by atoms with Crippen LogP contribution in [0.4, 0.5) is 17.6 Å². The summed E-state index contributed by atoms with van der Waals surface area (Å²) in [5.41, 5.74) is 4.81. The normalized spacial score (nSPS) is 15.7. The third-order valence-electron chi connectivity index (χ3n) is 5.11. The van der Waals surface area contributed by atoms with E-state index >= 15 is 0 Å². The highest BCUT2D eigenvalue weighted by Gasteiger charge is 2.37. The topological polar surface area (TPSA) is 66.6 Å². The van der Waals surface area contributed by atoms with Crippen LogP contribution in [-0.2, 0) is 17.4 Å². The van der Waals surface area contributed by atoms with Crippen LogP contribution in [0.25, 0.3) is 0 Å². The first kappa shape index (κ1) is 23.0. The van der Waals surface area contributed by atoms with Crippen molar-refractivity contribution in [2.45, 2.75) is 18.6 Å². The van der Waals surface area contributed by atoms with E-state index in [2.05, 4.69) is 0 Å². The molecule has 31 heavy (non-hydrogen) atoms. The number of nitrogens with two attached hydrogens (primary N) is 1. The number of rotatable bonds is 4.